The van der Waals surface area contributed by atoms with E-state index in [2.05, 4.69) is 0 Å². The zero-order valence-corrected chi connectivity index (χ0v) is 9.95. The van der Waals surface area contributed by atoms with Gasteiger partial charge in [0.15, 0.2) is 23.3 Å². The highest BCUT2D eigenvalue weighted by Gasteiger charge is 2.26. The van der Waals surface area contributed by atoms with E-state index in [9.17, 15) is 26.3 Å². The molecule has 0 heterocycles. The lowest BCUT2D eigenvalue weighted by molar-refractivity contribution is 0.382. The van der Waals surface area contributed by atoms with Crippen molar-refractivity contribution in [2.45, 2.75) is 0 Å². The molecule has 0 spiro atoms. The topological polar surface area (TPSA) is 35.8 Å². The Morgan fingerprint density at radius 1 is 0.810 bits per heavy atom. The number of halogens is 6. The van der Waals surface area contributed by atoms with Gasteiger partial charge in [0, 0.05) is 0 Å². The zero-order valence-electron chi connectivity index (χ0n) is 9.95. The summed E-state index contributed by atoms with van der Waals surface area (Å²) in [7, 11) is 0. The molecule has 0 saturated heterocycles. The van der Waals surface area contributed by atoms with Gasteiger partial charge in [0.25, 0.3) is 0 Å². The first-order valence-corrected chi connectivity index (χ1v) is 5.35. The molecule has 8 heteroatoms. The maximum absolute atomic E-state index is 13.5. The van der Waals surface area contributed by atoms with Gasteiger partial charge in [-0.2, -0.15) is 5.26 Å². The first kappa shape index (κ1) is 14.7. The van der Waals surface area contributed by atoms with Gasteiger partial charge in [-0.15, -0.1) is 0 Å². The maximum atomic E-state index is 13.5. The molecule has 2 rings (SSSR count). The number of nitriles is 1. The van der Waals surface area contributed by atoms with Crippen LogP contribution in [0, 0.1) is 46.2 Å². The molecule has 0 atom stereocenters. The van der Waals surface area contributed by atoms with Crippen molar-refractivity contribution in [3.63, 3.8) is 0 Å². The summed E-state index contributed by atoms with van der Waals surface area (Å²) in [5.74, 6) is -11.5. The molecule has 0 aliphatic heterocycles. The van der Waals surface area contributed by atoms with Crippen molar-refractivity contribution in [1.82, 2.24) is 0 Å². The SMILES string of the molecule is N#Cc1cc(F)ccc1Nc1c(F)c(F)c(F)c(F)c1F. The van der Waals surface area contributed by atoms with E-state index in [1.165, 1.54) is 6.07 Å². The summed E-state index contributed by atoms with van der Waals surface area (Å²) in [6.45, 7) is 0. The van der Waals surface area contributed by atoms with Crippen LogP contribution in [0.15, 0.2) is 18.2 Å². The van der Waals surface area contributed by atoms with E-state index in [-0.39, 0.29) is 11.3 Å². The van der Waals surface area contributed by atoms with Crippen molar-refractivity contribution in [1.29, 1.82) is 5.26 Å². The smallest absolute Gasteiger partial charge is 0.200 e. The molecule has 2 nitrogen and oxygen atoms in total. The molecule has 0 aliphatic carbocycles. The molecule has 2 aromatic rings. The minimum Gasteiger partial charge on any atom is -0.349 e. The Morgan fingerprint density at radius 3 is 1.86 bits per heavy atom. The number of benzene rings is 2. The molecular formula is C13H4F6N2. The minimum absolute atomic E-state index is 0.304. The van der Waals surface area contributed by atoms with E-state index >= 15 is 0 Å². The minimum atomic E-state index is -2.30. The van der Waals surface area contributed by atoms with Crippen LogP contribution in [0.4, 0.5) is 37.7 Å². The molecule has 0 radical (unpaired) electrons. The van der Waals surface area contributed by atoms with Crippen LogP contribution >= 0.6 is 0 Å². The number of anilines is 2. The van der Waals surface area contributed by atoms with Gasteiger partial charge in [-0.05, 0) is 18.2 Å². The van der Waals surface area contributed by atoms with Crippen LogP contribution < -0.4 is 5.32 Å². The quantitative estimate of drug-likeness (QED) is 0.514. The molecule has 0 aliphatic rings. The zero-order chi connectivity index (χ0) is 15.7. The summed E-state index contributed by atoms with van der Waals surface area (Å²) in [6, 6.07) is 4.06. The third-order valence-corrected chi connectivity index (χ3v) is 2.57. The number of nitrogens with one attached hydrogen (secondary N) is 1. The molecule has 0 aromatic heterocycles. The van der Waals surface area contributed by atoms with Gasteiger partial charge in [-0.25, -0.2) is 26.3 Å². The summed E-state index contributed by atoms with van der Waals surface area (Å²) in [5, 5.41) is 10.7. The largest absolute Gasteiger partial charge is 0.349 e. The second-order valence-electron chi connectivity index (χ2n) is 3.87. The predicted octanol–water partition coefficient (Wildman–Crippen LogP) is 4.14. The Balaban J connectivity index is 2.58. The van der Waals surface area contributed by atoms with Gasteiger partial charge >= 0.3 is 0 Å². The Bertz CT molecular complexity index is 737. The summed E-state index contributed by atoms with van der Waals surface area (Å²) in [5.41, 5.74) is -1.99. The van der Waals surface area contributed by atoms with Crippen LogP contribution in [-0.2, 0) is 0 Å². The van der Waals surface area contributed by atoms with Crippen LogP contribution in [0.25, 0.3) is 0 Å². The average Bonchev–Trinajstić information content (AvgIpc) is 2.48. The summed E-state index contributed by atoms with van der Waals surface area (Å²) >= 11 is 0. The fourth-order valence-electron chi connectivity index (χ4n) is 1.57. The van der Waals surface area contributed by atoms with Gasteiger partial charge in [-0.1, -0.05) is 0 Å². The first-order valence-electron chi connectivity index (χ1n) is 5.35. The first-order chi connectivity index (χ1) is 9.86. The maximum Gasteiger partial charge on any atom is 0.200 e. The molecule has 0 saturated carbocycles. The van der Waals surface area contributed by atoms with Crippen molar-refractivity contribution >= 4 is 11.4 Å². The molecule has 21 heavy (non-hydrogen) atoms. The van der Waals surface area contributed by atoms with Crippen LogP contribution in [0.1, 0.15) is 5.56 Å². The molecule has 1 N–H and O–H groups in total. The van der Waals surface area contributed by atoms with Crippen molar-refractivity contribution in [2.24, 2.45) is 0 Å². The van der Waals surface area contributed by atoms with E-state index in [4.69, 9.17) is 5.26 Å². The third-order valence-electron chi connectivity index (χ3n) is 2.57. The molecule has 108 valence electrons. The monoisotopic (exact) mass is 302 g/mol. The molecule has 0 amide bonds. The number of nitrogens with zero attached hydrogens (tertiary/aromatic N) is 1. The van der Waals surface area contributed by atoms with Crippen LogP contribution in [0.2, 0.25) is 0 Å². The summed E-state index contributed by atoms with van der Waals surface area (Å²) < 4.78 is 78.8. The molecule has 0 fully saturated rings. The van der Waals surface area contributed by atoms with E-state index in [1.54, 1.807) is 0 Å². The highest BCUT2D eigenvalue weighted by Crippen LogP contribution is 2.30. The lowest BCUT2D eigenvalue weighted by atomic mass is 10.1. The normalized spacial score (nSPS) is 10.3. The Labute approximate surface area is 114 Å². The third kappa shape index (κ3) is 2.50. The fraction of sp³-hybridized carbons (Fsp3) is 0. The second kappa shape index (κ2) is 5.36. The lowest BCUT2D eigenvalue weighted by Gasteiger charge is -2.11. The van der Waals surface area contributed by atoms with Gasteiger partial charge < -0.3 is 5.32 Å². The average molecular weight is 302 g/mol. The molecule has 0 unspecified atom stereocenters. The second-order valence-corrected chi connectivity index (χ2v) is 3.87. The number of hydrogen-bond donors (Lipinski definition) is 1. The van der Waals surface area contributed by atoms with Crippen molar-refractivity contribution in [3.8, 4) is 6.07 Å². The molecule has 0 bridgehead atoms. The van der Waals surface area contributed by atoms with Crippen LogP contribution in [0.5, 0.6) is 0 Å². The Morgan fingerprint density at radius 2 is 1.33 bits per heavy atom. The lowest BCUT2D eigenvalue weighted by Crippen LogP contribution is -2.07. The van der Waals surface area contributed by atoms with E-state index in [0.717, 1.165) is 18.2 Å². The van der Waals surface area contributed by atoms with E-state index < -0.39 is 40.6 Å². The van der Waals surface area contributed by atoms with Crippen LogP contribution in [0.3, 0.4) is 0 Å². The highest BCUT2D eigenvalue weighted by molar-refractivity contribution is 5.67. The summed E-state index contributed by atoms with van der Waals surface area (Å²) in [4.78, 5) is 0. The van der Waals surface area contributed by atoms with Crippen molar-refractivity contribution in [2.75, 3.05) is 5.32 Å². The van der Waals surface area contributed by atoms with Gasteiger partial charge in [0.05, 0.1) is 11.3 Å². The highest BCUT2D eigenvalue weighted by atomic mass is 19.2. The van der Waals surface area contributed by atoms with E-state index in [1.807, 2.05) is 5.32 Å². The van der Waals surface area contributed by atoms with Gasteiger partial charge in [0.1, 0.15) is 17.6 Å². The number of hydrogen-bond acceptors (Lipinski definition) is 2. The predicted molar refractivity (Wildman–Crippen MR) is 60.6 cm³/mol. The van der Waals surface area contributed by atoms with Gasteiger partial charge in [-0.3, -0.25) is 0 Å². The molecule has 2 aromatic carbocycles. The number of rotatable bonds is 2. The summed E-state index contributed by atoms with van der Waals surface area (Å²) in [6.07, 6.45) is 0. The molecular weight excluding hydrogens is 298 g/mol. The van der Waals surface area contributed by atoms with Gasteiger partial charge in [0.2, 0.25) is 5.82 Å². The van der Waals surface area contributed by atoms with Crippen molar-refractivity contribution < 1.29 is 26.3 Å². The fourth-order valence-corrected chi connectivity index (χ4v) is 1.57. The van der Waals surface area contributed by atoms with E-state index in [0.29, 0.717) is 0 Å². The Hall–Kier alpha value is -2.69. The Kier molecular flexibility index (Phi) is 3.76. The standard InChI is InChI=1S/C13H4F6N2/c14-6-1-2-7(5(3-6)4-20)21-13-11(18)9(16)8(15)10(17)12(13)19/h1-3,21H. The van der Waals surface area contributed by atoms with Crippen LogP contribution in [-0.4, -0.2) is 0 Å². The van der Waals surface area contributed by atoms with Crippen molar-refractivity contribution in [3.05, 3.63) is 58.7 Å².